The Hall–Kier alpha value is -1.03. The number of rotatable bonds is 4. The van der Waals surface area contributed by atoms with E-state index in [0.29, 0.717) is 0 Å². The maximum absolute atomic E-state index is 11.6. The molecule has 0 aliphatic heterocycles. The van der Waals surface area contributed by atoms with Crippen LogP contribution in [0.4, 0.5) is 4.79 Å². The summed E-state index contributed by atoms with van der Waals surface area (Å²) in [6, 6.07) is 8.11. The summed E-state index contributed by atoms with van der Waals surface area (Å²) in [5.74, 6) is 0. The van der Waals surface area contributed by atoms with Crippen LogP contribution in [0.2, 0.25) is 0 Å². The SMILES string of the molecule is CCC(NC(=O)NC(C)C)c1ccc(Br)cc1. The highest BCUT2D eigenvalue weighted by molar-refractivity contribution is 9.10. The van der Waals surface area contributed by atoms with E-state index in [1.165, 1.54) is 0 Å². The van der Waals surface area contributed by atoms with Crippen molar-refractivity contribution >= 4 is 22.0 Å². The minimum Gasteiger partial charge on any atom is -0.336 e. The van der Waals surface area contributed by atoms with Crippen molar-refractivity contribution in [2.24, 2.45) is 0 Å². The minimum absolute atomic E-state index is 0.0573. The van der Waals surface area contributed by atoms with Crippen LogP contribution in [0.25, 0.3) is 0 Å². The van der Waals surface area contributed by atoms with Crippen LogP contribution in [0.1, 0.15) is 38.8 Å². The van der Waals surface area contributed by atoms with E-state index in [4.69, 9.17) is 0 Å². The van der Waals surface area contributed by atoms with E-state index in [1.807, 2.05) is 38.1 Å². The first-order valence-corrected chi connectivity index (χ1v) is 6.64. The predicted octanol–water partition coefficient (Wildman–Crippen LogP) is 3.61. The number of halogens is 1. The predicted molar refractivity (Wildman–Crippen MR) is 74.0 cm³/mol. The van der Waals surface area contributed by atoms with Gasteiger partial charge in [-0.25, -0.2) is 4.79 Å². The lowest BCUT2D eigenvalue weighted by Crippen LogP contribution is -2.41. The fourth-order valence-electron chi connectivity index (χ4n) is 1.58. The van der Waals surface area contributed by atoms with Crippen LogP contribution in [0.3, 0.4) is 0 Å². The average molecular weight is 299 g/mol. The van der Waals surface area contributed by atoms with Crippen molar-refractivity contribution in [2.45, 2.75) is 39.3 Å². The molecular weight excluding hydrogens is 280 g/mol. The van der Waals surface area contributed by atoms with Crippen molar-refractivity contribution in [3.05, 3.63) is 34.3 Å². The molecule has 1 atom stereocenters. The Morgan fingerprint density at radius 1 is 1.24 bits per heavy atom. The lowest BCUT2D eigenvalue weighted by molar-refractivity contribution is 0.234. The van der Waals surface area contributed by atoms with E-state index in [9.17, 15) is 4.79 Å². The van der Waals surface area contributed by atoms with Crippen LogP contribution in [0, 0.1) is 0 Å². The zero-order chi connectivity index (χ0) is 12.8. The first-order valence-electron chi connectivity index (χ1n) is 5.85. The Morgan fingerprint density at radius 3 is 2.29 bits per heavy atom. The van der Waals surface area contributed by atoms with Crippen molar-refractivity contribution in [3.8, 4) is 0 Å². The standard InChI is InChI=1S/C13H19BrN2O/c1-4-12(16-13(17)15-9(2)3)10-5-7-11(14)8-6-10/h5-9,12H,4H2,1-3H3,(H2,15,16,17). The summed E-state index contributed by atoms with van der Waals surface area (Å²) in [5.41, 5.74) is 1.12. The third-order valence-corrected chi connectivity index (χ3v) is 2.93. The summed E-state index contributed by atoms with van der Waals surface area (Å²) < 4.78 is 1.04. The molecule has 0 saturated carbocycles. The van der Waals surface area contributed by atoms with E-state index < -0.39 is 0 Å². The molecule has 4 heteroatoms. The second-order valence-corrected chi connectivity index (χ2v) is 5.20. The number of hydrogen-bond donors (Lipinski definition) is 2. The van der Waals surface area contributed by atoms with Crippen LogP contribution >= 0.6 is 15.9 Å². The largest absolute Gasteiger partial charge is 0.336 e. The zero-order valence-corrected chi connectivity index (χ0v) is 12.0. The van der Waals surface area contributed by atoms with Crippen molar-refractivity contribution in [3.63, 3.8) is 0 Å². The summed E-state index contributed by atoms with van der Waals surface area (Å²) in [7, 11) is 0. The second kappa shape index (κ2) is 6.64. The molecule has 0 radical (unpaired) electrons. The van der Waals surface area contributed by atoms with E-state index in [1.54, 1.807) is 0 Å². The van der Waals surface area contributed by atoms with Gasteiger partial charge >= 0.3 is 6.03 Å². The summed E-state index contributed by atoms with van der Waals surface area (Å²) in [6.45, 7) is 5.95. The Labute approximate surface area is 111 Å². The van der Waals surface area contributed by atoms with Gasteiger partial charge < -0.3 is 10.6 Å². The van der Waals surface area contributed by atoms with Crippen LogP contribution in [-0.2, 0) is 0 Å². The summed E-state index contributed by atoms with van der Waals surface area (Å²) in [4.78, 5) is 11.6. The minimum atomic E-state index is -0.116. The van der Waals surface area contributed by atoms with E-state index >= 15 is 0 Å². The third-order valence-electron chi connectivity index (χ3n) is 2.41. The molecule has 94 valence electrons. The number of carbonyl (C=O) groups excluding carboxylic acids is 1. The number of amides is 2. The molecule has 2 N–H and O–H groups in total. The van der Waals surface area contributed by atoms with Crippen LogP contribution in [0.5, 0.6) is 0 Å². The Kier molecular flexibility index (Phi) is 5.48. The molecule has 0 saturated heterocycles. The molecular formula is C13H19BrN2O. The van der Waals surface area contributed by atoms with Crippen LogP contribution in [-0.4, -0.2) is 12.1 Å². The molecule has 0 fully saturated rings. The summed E-state index contributed by atoms with van der Waals surface area (Å²) in [6.07, 6.45) is 0.868. The molecule has 1 unspecified atom stereocenters. The molecule has 3 nitrogen and oxygen atoms in total. The van der Waals surface area contributed by atoms with Gasteiger partial charge in [-0.3, -0.25) is 0 Å². The Bertz CT molecular complexity index is 362. The molecule has 17 heavy (non-hydrogen) atoms. The smallest absolute Gasteiger partial charge is 0.315 e. The Morgan fingerprint density at radius 2 is 1.82 bits per heavy atom. The fraction of sp³-hybridized carbons (Fsp3) is 0.462. The molecule has 1 aromatic rings. The number of nitrogens with one attached hydrogen (secondary N) is 2. The van der Waals surface area contributed by atoms with Crippen LogP contribution < -0.4 is 10.6 Å². The third kappa shape index (κ3) is 4.77. The van der Waals surface area contributed by atoms with Crippen molar-refractivity contribution in [1.29, 1.82) is 0 Å². The van der Waals surface area contributed by atoms with Gasteiger partial charge in [-0.15, -0.1) is 0 Å². The molecule has 2 amide bonds. The molecule has 0 aromatic heterocycles. The molecule has 1 aromatic carbocycles. The van der Waals surface area contributed by atoms with Gasteiger partial charge in [0.2, 0.25) is 0 Å². The first kappa shape index (κ1) is 14.0. The number of urea groups is 1. The topological polar surface area (TPSA) is 41.1 Å². The normalized spacial score (nSPS) is 12.3. The average Bonchev–Trinajstić information content (AvgIpc) is 2.26. The van der Waals surface area contributed by atoms with E-state index in [0.717, 1.165) is 16.5 Å². The molecule has 0 heterocycles. The first-order chi connectivity index (χ1) is 8.02. The monoisotopic (exact) mass is 298 g/mol. The maximum Gasteiger partial charge on any atom is 0.315 e. The van der Waals surface area contributed by atoms with Gasteiger partial charge in [0.25, 0.3) is 0 Å². The van der Waals surface area contributed by atoms with Gasteiger partial charge in [-0.1, -0.05) is 35.0 Å². The fourth-order valence-corrected chi connectivity index (χ4v) is 1.84. The maximum atomic E-state index is 11.6. The highest BCUT2D eigenvalue weighted by atomic mass is 79.9. The van der Waals surface area contributed by atoms with Gasteiger partial charge in [0, 0.05) is 10.5 Å². The van der Waals surface area contributed by atoms with Crippen molar-refractivity contribution < 1.29 is 4.79 Å². The second-order valence-electron chi connectivity index (χ2n) is 4.28. The lowest BCUT2D eigenvalue weighted by Gasteiger charge is -2.19. The Balaban J connectivity index is 2.65. The van der Waals surface area contributed by atoms with Crippen molar-refractivity contribution in [2.75, 3.05) is 0 Å². The van der Waals surface area contributed by atoms with Crippen LogP contribution in [0.15, 0.2) is 28.7 Å². The number of carbonyl (C=O) groups is 1. The molecule has 0 aliphatic carbocycles. The van der Waals surface area contributed by atoms with Crippen molar-refractivity contribution in [1.82, 2.24) is 10.6 Å². The molecule has 0 spiro atoms. The number of hydrogen-bond acceptors (Lipinski definition) is 1. The summed E-state index contributed by atoms with van der Waals surface area (Å²) in [5, 5.41) is 5.80. The molecule has 0 aliphatic rings. The zero-order valence-electron chi connectivity index (χ0n) is 10.5. The summed E-state index contributed by atoms with van der Waals surface area (Å²) >= 11 is 3.40. The van der Waals surface area contributed by atoms with Gasteiger partial charge in [0.1, 0.15) is 0 Å². The van der Waals surface area contributed by atoms with Gasteiger partial charge in [-0.2, -0.15) is 0 Å². The number of benzene rings is 1. The highest BCUT2D eigenvalue weighted by Crippen LogP contribution is 2.19. The highest BCUT2D eigenvalue weighted by Gasteiger charge is 2.12. The quantitative estimate of drug-likeness (QED) is 0.876. The van der Waals surface area contributed by atoms with Gasteiger partial charge in [0.15, 0.2) is 0 Å². The lowest BCUT2D eigenvalue weighted by atomic mass is 10.1. The van der Waals surface area contributed by atoms with E-state index in [2.05, 4.69) is 33.5 Å². The molecule has 0 bridgehead atoms. The molecule has 1 rings (SSSR count). The van der Waals surface area contributed by atoms with E-state index in [-0.39, 0.29) is 18.1 Å². The van der Waals surface area contributed by atoms with Gasteiger partial charge in [0.05, 0.1) is 6.04 Å². The van der Waals surface area contributed by atoms with Gasteiger partial charge in [-0.05, 0) is 38.0 Å².